The Labute approximate surface area is 132 Å². The molecule has 21 heavy (non-hydrogen) atoms. The van der Waals surface area contributed by atoms with Gasteiger partial charge >= 0.3 is 0 Å². The van der Waals surface area contributed by atoms with Gasteiger partial charge in [-0.15, -0.1) is 0 Å². The van der Waals surface area contributed by atoms with E-state index in [1.807, 2.05) is 23.9 Å². The quantitative estimate of drug-likeness (QED) is 0.749. The van der Waals surface area contributed by atoms with Gasteiger partial charge in [-0.2, -0.15) is 0 Å². The van der Waals surface area contributed by atoms with Crippen molar-refractivity contribution >= 4 is 27.7 Å². The third-order valence-corrected chi connectivity index (χ3v) is 3.99. The van der Waals surface area contributed by atoms with Gasteiger partial charge in [0.25, 0.3) is 5.91 Å². The maximum Gasteiger partial charge on any atom is 0.256 e. The zero-order chi connectivity index (χ0) is 15.4. The first-order chi connectivity index (χ1) is 9.99. The van der Waals surface area contributed by atoms with Gasteiger partial charge in [0, 0.05) is 32.4 Å². The van der Waals surface area contributed by atoms with E-state index < -0.39 is 0 Å². The topological polar surface area (TPSA) is 56.8 Å². The third-order valence-electron chi connectivity index (χ3n) is 3.36. The molecule has 0 aliphatic carbocycles. The second kappa shape index (κ2) is 7.00. The summed E-state index contributed by atoms with van der Waals surface area (Å²) in [6.07, 6.45) is 1.64. The van der Waals surface area contributed by atoms with E-state index in [0.29, 0.717) is 42.9 Å². The van der Waals surface area contributed by atoms with Crippen molar-refractivity contribution < 1.29 is 9.59 Å². The van der Waals surface area contributed by atoms with Gasteiger partial charge in [0.15, 0.2) is 0 Å². The van der Waals surface area contributed by atoms with Gasteiger partial charge in [-0.05, 0) is 42.2 Å². The molecule has 0 N–H and O–H groups in total. The van der Waals surface area contributed by atoms with Gasteiger partial charge in [-0.25, -0.2) is 4.98 Å². The molecule has 0 unspecified atom stereocenters. The van der Waals surface area contributed by atoms with E-state index in [1.165, 1.54) is 0 Å². The molecule has 2 amide bonds. The lowest BCUT2D eigenvalue weighted by Gasteiger charge is -2.35. The Balaban J connectivity index is 1.94. The summed E-state index contributed by atoms with van der Waals surface area (Å²) < 4.78 is 0.557. The molecule has 2 heterocycles. The molecular weight excluding hydrogens is 336 g/mol. The van der Waals surface area contributed by atoms with Gasteiger partial charge in [-0.1, -0.05) is 0 Å². The molecular formula is C14H19BrN4O2. The number of carbonyl (C=O) groups excluding carboxylic acids is 2. The van der Waals surface area contributed by atoms with E-state index in [9.17, 15) is 9.59 Å². The van der Waals surface area contributed by atoms with Crippen LogP contribution < -0.4 is 0 Å². The summed E-state index contributed by atoms with van der Waals surface area (Å²) in [4.78, 5) is 33.9. The molecule has 0 bridgehead atoms. The Bertz CT molecular complexity index is 527. The third kappa shape index (κ3) is 4.01. The largest absolute Gasteiger partial charge is 0.338 e. The molecule has 1 aromatic heterocycles. The Morgan fingerprint density at radius 3 is 2.43 bits per heavy atom. The molecule has 1 aliphatic heterocycles. The summed E-state index contributed by atoms with van der Waals surface area (Å²) in [5.41, 5.74) is 0.561. The molecule has 1 aromatic rings. The highest BCUT2D eigenvalue weighted by Gasteiger charge is 2.25. The lowest BCUT2D eigenvalue weighted by molar-refractivity contribution is -0.133. The zero-order valence-corrected chi connectivity index (χ0v) is 13.8. The molecule has 1 aliphatic rings. The lowest BCUT2D eigenvalue weighted by Crippen LogP contribution is -2.52. The minimum absolute atomic E-state index is 0.0466. The maximum absolute atomic E-state index is 12.4. The Hall–Kier alpha value is -1.47. The smallest absolute Gasteiger partial charge is 0.256 e. The second-order valence-electron chi connectivity index (χ2n) is 5.25. The fourth-order valence-corrected chi connectivity index (χ4v) is 2.67. The number of carbonyl (C=O) groups is 2. The summed E-state index contributed by atoms with van der Waals surface area (Å²) in [6.45, 7) is 2.67. The summed E-state index contributed by atoms with van der Waals surface area (Å²) in [7, 11) is 3.75. The van der Waals surface area contributed by atoms with E-state index in [2.05, 4.69) is 20.9 Å². The average molecular weight is 355 g/mol. The minimum atomic E-state index is -0.0466. The average Bonchev–Trinajstić information content (AvgIpc) is 2.46. The van der Waals surface area contributed by atoms with Crippen LogP contribution in [-0.2, 0) is 4.79 Å². The highest BCUT2D eigenvalue weighted by molar-refractivity contribution is 9.10. The van der Waals surface area contributed by atoms with Crippen LogP contribution in [0.2, 0.25) is 0 Å². The number of amides is 2. The molecule has 0 saturated carbocycles. The van der Waals surface area contributed by atoms with Crippen molar-refractivity contribution in [3.63, 3.8) is 0 Å². The fourth-order valence-electron chi connectivity index (χ4n) is 2.25. The summed E-state index contributed by atoms with van der Waals surface area (Å²) in [5, 5.41) is 0. The van der Waals surface area contributed by atoms with Gasteiger partial charge in [0.05, 0.1) is 12.1 Å². The van der Waals surface area contributed by atoms with E-state index in [0.717, 1.165) is 0 Å². The first kappa shape index (κ1) is 15.9. The van der Waals surface area contributed by atoms with E-state index in [4.69, 9.17) is 0 Å². The number of aromatic nitrogens is 1. The number of halogens is 1. The van der Waals surface area contributed by atoms with Gasteiger partial charge in [0.2, 0.25) is 5.91 Å². The number of pyridine rings is 1. The minimum Gasteiger partial charge on any atom is -0.338 e. The first-order valence-electron chi connectivity index (χ1n) is 6.81. The molecule has 114 valence electrons. The fraction of sp³-hybridized carbons (Fsp3) is 0.500. The molecule has 0 atom stereocenters. The highest BCUT2D eigenvalue weighted by atomic mass is 79.9. The summed E-state index contributed by atoms with van der Waals surface area (Å²) in [6, 6.07) is 3.50. The molecule has 0 radical (unpaired) electrons. The van der Waals surface area contributed by atoms with Crippen LogP contribution in [0.15, 0.2) is 22.9 Å². The van der Waals surface area contributed by atoms with Crippen LogP contribution in [-0.4, -0.2) is 78.3 Å². The van der Waals surface area contributed by atoms with Crippen LogP contribution in [0.4, 0.5) is 0 Å². The molecule has 7 heteroatoms. The Morgan fingerprint density at radius 2 is 1.86 bits per heavy atom. The second-order valence-corrected chi connectivity index (χ2v) is 6.00. The summed E-state index contributed by atoms with van der Waals surface area (Å²) in [5.74, 6) is 0.0596. The van der Waals surface area contributed by atoms with Crippen LogP contribution in [0.3, 0.4) is 0 Å². The predicted molar refractivity (Wildman–Crippen MR) is 83.0 cm³/mol. The van der Waals surface area contributed by atoms with Crippen molar-refractivity contribution in [2.45, 2.75) is 0 Å². The number of likely N-dealkylation sites (N-methyl/N-ethyl adjacent to an activating group) is 1. The van der Waals surface area contributed by atoms with Gasteiger partial charge in [-0.3, -0.25) is 9.59 Å². The molecule has 6 nitrogen and oxygen atoms in total. The Morgan fingerprint density at radius 1 is 1.24 bits per heavy atom. The summed E-state index contributed by atoms with van der Waals surface area (Å²) >= 11 is 3.30. The number of hydrogen-bond donors (Lipinski definition) is 0. The Kier molecular flexibility index (Phi) is 5.30. The SMILES string of the molecule is CN(C)CC(=O)N1CCN(C(=O)c2cccnc2Br)CC1. The van der Waals surface area contributed by atoms with Gasteiger partial charge < -0.3 is 14.7 Å². The van der Waals surface area contributed by atoms with Gasteiger partial charge in [0.1, 0.15) is 4.60 Å². The van der Waals surface area contributed by atoms with Crippen LogP contribution in [0.5, 0.6) is 0 Å². The highest BCUT2D eigenvalue weighted by Crippen LogP contribution is 2.16. The molecule has 1 fully saturated rings. The van der Waals surface area contributed by atoms with Crippen LogP contribution >= 0.6 is 15.9 Å². The number of piperazine rings is 1. The van der Waals surface area contributed by atoms with Crippen molar-refractivity contribution in [2.24, 2.45) is 0 Å². The monoisotopic (exact) mass is 354 g/mol. The molecule has 2 rings (SSSR count). The van der Waals surface area contributed by atoms with Crippen LogP contribution in [0, 0.1) is 0 Å². The maximum atomic E-state index is 12.4. The zero-order valence-electron chi connectivity index (χ0n) is 12.3. The number of rotatable bonds is 3. The lowest BCUT2D eigenvalue weighted by atomic mass is 10.2. The molecule has 0 aromatic carbocycles. The van der Waals surface area contributed by atoms with Crippen molar-refractivity contribution in [3.05, 3.63) is 28.5 Å². The van der Waals surface area contributed by atoms with E-state index in [1.54, 1.807) is 23.2 Å². The van der Waals surface area contributed by atoms with Crippen LogP contribution in [0.25, 0.3) is 0 Å². The van der Waals surface area contributed by atoms with Crippen molar-refractivity contribution in [1.29, 1.82) is 0 Å². The van der Waals surface area contributed by atoms with Crippen molar-refractivity contribution in [2.75, 3.05) is 46.8 Å². The van der Waals surface area contributed by atoms with E-state index >= 15 is 0 Å². The number of hydrogen-bond acceptors (Lipinski definition) is 4. The van der Waals surface area contributed by atoms with E-state index in [-0.39, 0.29) is 11.8 Å². The molecule has 0 spiro atoms. The standard InChI is InChI=1S/C14H19BrN4O2/c1-17(2)10-12(20)18-6-8-19(9-7-18)14(21)11-4-3-5-16-13(11)15/h3-5H,6-10H2,1-2H3. The van der Waals surface area contributed by atoms with Crippen LogP contribution in [0.1, 0.15) is 10.4 Å². The number of nitrogens with zero attached hydrogens (tertiary/aromatic N) is 4. The predicted octanol–water partition coefficient (Wildman–Crippen LogP) is 0.690. The molecule has 1 saturated heterocycles. The first-order valence-corrected chi connectivity index (χ1v) is 7.60. The van der Waals surface area contributed by atoms with Crippen molar-refractivity contribution in [3.8, 4) is 0 Å². The van der Waals surface area contributed by atoms with Crippen molar-refractivity contribution in [1.82, 2.24) is 19.7 Å². The normalized spacial score (nSPS) is 15.4.